The molecule has 3 rings (SSSR count). The number of hydrogen-bond donors (Lipinski definition) is 1. The van der Waals surface area contributed by atoms with Crippen LogP contribution in [-0.2, 0) is 6.54 Å². The van der Waals surface area contributed by atoms with Crippen molar-refractivity contribution in [2.24, 2.45) is 0 Å². The van der Waals surface area contributed by atoms with Crippen LogP contribution in [0.25, 0.3) is 10.9 Å². The fourth-order valence-electron chi connectivity index (χ4n) is 2.87. The van der Waals surface area contributed by atoms with Gasteiger partial charge in [0.25, 0.3) is 5.91 Å². The number of fused-ring (bicyclic) bond motifs is 1. The number of ether oxygens (including phenoxy) is 2. The SMILES string of the molecule is CCOc1ccc(CNC(=O)c2cc(C)nc3ccccc23)cc1OC. The first-order valence-electron chi connectivity index (χ1n) is 8.56. The van der Waals surface area contributed by atoms with Gasteiger partial charge in [0.15, 0.2) is 11.5 Å². The lowest BCUT2D eigenvalue weighted by atomic mass is 10.1. The highest BCUT2D eigenvalue weighted by Crippen LogP contribution is 2.28. The summed E-state index contributed by atoms with van der Waals surface area (Å²) in [5.74, 6) is 1.23. The Morgan fingerprint density at radius 1 is 1.12 bits per heavy atom. The van der Waals surface area contributed by atoms with Gasteiger partial charge in [-0.1, -0.05) is 24.3 Å². The normalized spacial score (nSPS) is 10.6. The summed E-state index contributed by atoms with van der Waals surface area (Å²) in [7, 11) is 1.60. The van der Waals surface area contributed by atoms with E-state index >= 15 is 0 Å². The van der Waals surface area contributed by atoms with Crippen LogP contribution in [0.5, 0.6) is 11.5 Å². The molecule has 0 bridgehead atoms. The Balaban J connectivity index is 1.79. The van der Waals surface area contributed by atoms with Gasteiger partial charge in [-0.05, 0) is 43.7 Å². The minimum Gasteiger partial charge on any atom is -0.493 e. The number of rotatable bonds is 6. The predicted molar refractivity (Wildman–Crippen MR) is 102 cm³/mol. The molecule has 0 saturated carbocycles. The molecule has 0 aliphatic rings. The summed E-state index contributed by atoms with van der Waals surface area (Å²) in [6, 6.07) is 15.1. The highest BCUT2D eigenvalue weighted by atomic mass is 16.5. The number of nitrogens with one attached hydrogen (secondary N) is 1. The monoisotopic (exact) mass is 350 g/mol. The molecule has 0 unspecified atom stereocenters. The summed E-state index contributed by atoms with van der Waals surface area (Å²) in [6.45, 7) is 4.79. The van der Waals surface area contributed by atoms with E-state index in [0.29, 0.717) is 30.2 Å². The third-order valence-electron chi connectivity index (χ3n) is 4.07. The van der Waals surface area contributed by atoms with Crippen molar-refractivity contribution < 1.29 is 14.3 Å². The lowest BCUT2D eigenvalue weighted by molar-refractivity contribution is 0.0952. The third kappa shape index (κ3) is 3.77. The zero-order valence-corrected chi connectivity index (χ0v) is 15.2. The molecular formula is C21H22N2O3. The van der Waals surface area contributed by atoms with Crippen molar-refractivity contribution in [1.82, 2.24) is 10.3 Å². The average molecular weight is 350 g/mol. The first-order valence-corrected chi connectivity index (χ1v) is 8.56. The minimum atomic E-state index is -0.125. The Labute approximate surface area is 153 Å². The highest BCUT2D eigenvalue weighted by molar-refractivity contribution is 6.06. The molecule has 0 spiro atoms. The lowest BCUT2D eigenvalue weighted by Gasteiger charge is -2.12. The van der Waals surface area contributed by atoms with Crippen molar-refractivity contribution in [3.63, 3.8) is 0 Å². The van der Waals surface area contributed by atoms with Crippen LogP contribution in [0.15, 0.2) is 48.5 Å². The number of benzene rings is 2. The fraction of sp³-hybridized carbons (Fsp3) is 0.238. The fourth-order valence-corrected chi connectivity index (χ4v) is 2.87. The van der Waals surface area contributed by atoms with Crippen molar-refractivity contribution in [3.05, 3.63) is 65.4 Å². The van der Waals surface area contributed by atoms with Gasteiger partial charge in [0, 0.05) is 17.6 Å². The molecule has 5 nitrogen and oxygen atoms in total. The molecule has 134 valence electrons. The first kappa shape index (κ1) is 17.7. The standard InChI is InChI=1S/C21H22N2O3/c1-4-26-19-10-9-15(12-20(19)25-3)13-22-21(24)17-11-14(2)23-18-8-6-5-7-16(17)18/h5-12H,4,13H2,1-3H3,(H,22,24). The maximum Gasteiger partial charge on any atom is 0.252 e. The molecule has 0 aliphatic carbocycles. The third-order valence-corrected chi connectivity index (χ3v) is 4.07. The summed E-state index contributed by atoms with van der Waals surface area (Å²) in [5.41, 5.74) is 3.21. The van der Waals surface area contributed by atoms with E-state index in [1.165, 1.54) is 0 Å². The molecular weight excluding hydrogens is 328 g/mol. The van der Waals surface area contributed by atoms with E-state index in [1.54, 1.807) is 7.11 Å². The molecule has 0 radical (unpaired) electrons. The van der Waals surface area contributed by atoms with Crippen molar-refractivity contribution in [2.75, 3.05) is 13.7 Å². The molecule has 26 heavy (non-hydrogen) atoms. The highest BCUT2D eigenvalue weighted by Gasteiger charge is 2.12. The smallest absolute Gasteiger partial charge is 0.252 e. The summed E-state index contributed by atoms with van der Waals surface area (Å²) >= 11 is 0. The van der Waals surface area contributed by atoms with Gasteiger partial charge in [-0.15, -0.1) is 0 Å². The number of aromatic nitrogens is 1. The molecule has 2 aromatic carbocycles. The Morgan fingerprint density at radius 3 is 2.69 bits per heavy atom. The number of nitrogens with zero attached hydrogens (tertiary/aromatic N) is 1. The van der Waals surface area contributed by atoms with Crippen LogP contribution in [0.3, 0.4) is 0 Å². The van der Waals surface area contributed by atoms with E-state index in [4.69, 9.17) is 9.47 Å². The average Bonchev–Trinajstić information content (AvgIpc) is 2.66. The summed E-state index contributed by atoms with van der Waals surface area (Å²) in [5, 5.41) is 3.82. The Morgan fingerprint density at radius 2 is 1.92 bits per heavy atom. The quantitative estimate of drug-likeness (QED) is 0.733. The van der Waals surface area contributed by atoms with Crippen LogP contribution < -0.4 is 14.8 Å². The van der Waals surface area contributed by atoms with Gasteiger partial charge in [-0.3, -0.25) is 9.78 Å². The molecule has 1 N–H and O–H groups in total. The first-order chi connectivity index (χ1) is 12.6. The molecule has 1 amide bonds. The van der Waals surface area contributed by atoms with Crippen molar-refractivity contribution in [3.8, 4) is 11.5 Å². The number of aryl methyl sites for hydroxylation is 1. The van der Waals surface area contributed by atoms with Gasteiger partial charge >= 0.3 is 0 Å². The van der Waals surface area contributed by atoms with Crippen LogP contribution in [0.2, 0.25) is 0 Å². The number of methoxy groups -OCH3 is 1. The van der Waals surface area contributed by atoms with E-state index in [2.05, 4.69) is 10.3 Å². The minimum absolute atomic E-state index is 0.125. The van der Waals surface area contributed by atoms with E-state index in [-0.39, 0.29) is 5.91 Å². The second kappa shape index (κ2) is 7.87. The van der Waals surface area contributed by atoms with Crippen LogP contribution in [0.4, 0.5) is 0 Å². The molecule has 0 saturated heterocycles. The number of carbonyl (C=O) groups is 1. The molecule has 0 fully saturated rings. The van der Waals surface area contributed by atoms with Crippen molar-refractivity contribution in [1.29, 1.82) is 0 Å². The Bertz CT molecular complexity index is 938. The molecule has 1 heterocycles. The van der Waals surface area contributed by atoms with Gasteiger partial charge in [-0.2, -0.15) is 0 Å². The van der Waals surface area contributed by atoms with E-state index < -0.39 is 0 Å². The Kier molecular flexibility index (Phi) is 5.37. The number of pyridine rings is 1. The lowest BCUT2D eigenvalue weighted by Crippen LogP contribution is -2.23. The zero-order valence-electron chi connectivity index (χ0n) is 15.2. The van der Waals surface area contributed by atoms with Crippen molar-refractivity contribution in [2.45, 2.75) is 20.4 Å². The van der Waals surface area contributed by atoms with E-state index in [1.807, 2.05) is 62.4 Å². The van der Waals surface area contributed by atoms with Gasteiger partial charge in [0.2, 0.25) is 0 Å². The molecule has 0 aliphatic heterocycles. The summed E-state index contributed by atoms with van der Waals surface area (Å²) in [6.07, 6.45) is 0. The summed E-state index contributed by atoms with van der Waals surface area (Å²) < 4.78 is 10.9. The Hall–Kier alpha value is -3.08. The van der Waals surface area contributed by atoms with Gasteiger partial charge in [0.1, 0.15) is 0 Å². The zero-order chi connectivity index (χ0) is 18.5. The summed E-state index contributed by atoms with van der Waals surface area (Å²) in [4.78, 5) is 17.2. The molecule has 3 aromatic rings. The van der Waals surface area contributed by atoms with Gasteiger partial charge < -0.3 is 14.8 Å². The van der Waals surface area contributed by atoms with Crippen LogP contribution in [-0.4, -0.2) is 24.6 Å². The molecule has 1 aromatic heterocycles. The molecule has 0 atom stereocenters. The van der Waals surface area contributed by atoms with Gasteiger partial charge in [0.05, 0.1) is 24.8 Å². The second-order valence-electron chi connectivity index (χ2n) is 5.93. The van der Waals surface area contributed by atoms with Crippen LogP contribution in [0, 0.1) is 6.92 Å². The number of carbonyl (C=O) groups excluding carboxylic acids is 1. The number of para-hydroxylation sites is 1. The van der Waals surface area contributed by atoms with Crippen LogP contribution in [0.1, 0.15) is 28.5 Å². The molecule has 5 heteroatoms. The number of amides is 1. The van der Waals surface area contributed by atoms with Gasteiger partial charge in [-0.25, -0.2) is 0 Å². The maximum atomic E-state index is 12.7. The van der Waals surface area contributed by atoms with Crippen molar-refractivity contribution >= 4 is 16.8 Å². The second-order valence-corrected chi connectivity index (χ2v) is 5.93. The largest absolute Gasteiger partial charge is 0.493 e. The number of hydrogen-bond acceptors (Lipinski definition) is 4. The van der Waals surface area contributed by atoms with E-state index in [0.717, 1.165) is 22.2 Å². The van der Waals surface area contributed by atoms with E-state index in [9.17, 15) is 4.79 Å². The topological polar surface area (TPSA) is 60.5 Å². The predicted octanol–water partition coefficient (Wildman–Crippen LogP) is 3.88. The van der Waals surface area contributed by atoms with Crippen LogP contribution >= 0.6 is 0 Å². The maximum absolute atomic E-state index is 12.7.